The minimum atomic E-state index is 0.410. The van der Waals surface area contributed by atoms with Gasteiger partial charge in [0, 0.05) is 25.7 Å². The van der Waals surface area contributed by atoms with E-state index in [-0.39, 0.29) is 0 Å². The van der Waals surface area contributed by atoms with E-state index < -0.39 is 0 Å². The van der Waals surface area contributed by atoms with Crippen molar-refractivity contribution in [2.75, 3.05) is 26.7 Å². The molecule has 110 valence electrons. The van der Waals surface area contributed by atoms with Crippen molar-refractivity contribution >= 4 is 0 Å². The smallest absolute Gasteiger partial charge is 0.0707 e. The Labute approximate surface area is 122 Å². The lowest BCUT2D eigenvalue weighted by Crippen LogP contribution is -2.45. The predicted molar refractivity (Wildman–Crippen MR) is 82.1 cm³/mol. The summed E-state index contributed by atoms with van der Waals surface area (Å²) in [6.45, 7) is 7.66. The first-order valence-corrected chi connectivity index (χ1v) is 7.78. The van der Waals surface area contributed by atoms with Crippen LogP contribution in [0.5, 0.6) is 0 Å². The van der Waals surface area contributed by atoms with E-state index in [9.17, 15) is 0 Å². The third-order valence-electron chi connectivity index (χ3n) is 4.72. The Balaban J connectivity index is 1.72. The van der Waals surface area contributed by atoms with Crippen LogP contribution >= 0.6 is 0 Å². The van der Waals surface area contributed by atoms with Gasteiger partial charge in [-0.05, 0) is 44.9 Å². The maximum atomic E-state index is 5.93. The van der Waals surface area contributed by atoms with Crippen molar-refractivity contribution < 1.29 is 4.74 Å². The van der Waals surface area contributed by atoms with Crippen molar-refractivity contribution in [2.24, 2.45) is 0 Å². The molecule has 1 aromatic carbocycles. The second kappa shape index (κ2) is 5.84. The summed E-state index contributed by atoms with van der Waals surface area (Å²) in [5.41, 5.74) is 4.16. The number of ether oxygens (including phenoxy) is 1. The molecule has 0 aliphatic carbocycles. The molecule has 2 bridgehead atoms. The quantitative estimate of drug-likeness (QED) is 0.912. The molecule has 0 spiro atoms. The topological polar surface area (TPSA) is 24.5 Å². The molecule has 0 radical (unpaired) electrons. The number of morpholine rings is 1. The number of nitrogens with one attached hydrogen (secondary N) is 1. The zero-order valence-corrected chi connectivity index (χ0v) is 12.9. The summed E-state index contributed by atoms with van der Waals surface area (Å²) < 4.78 is 5.93. The molecule has 2 heterocycles. The maximum Gasteiger partial charge on any atom is 0.0707 e. The second-order valence-corrected chi connectivity index (χ2v) is 6.38. The third-order valence-corrected chi connectivity index (χ3v) is 4.72. The van der Waals surface area contributed by atoms with Crippen LogP contribution in [0.3, 0.4) is 0 Å². The summed E-state index contributed by atoms with van der Waals surface area (Å²) >= 11 is 0. The molecule has 0 aromatic heterocycles. The summed E-state index contributed by atoms with van der Waals surface area (Å²) in [4.78, 5) is 2.58. The Morgan fingerprint density at radius 2 is 1.95 bits per heavy atom. The van der Waals surface area contributed by atoms with Gasteiger partial charge in [0.1, 0.15) is 0 Å². The van der Waals surface area contributed by atoms with Crippen LogP contribution in [-0.4, -0.2) is 43.8 Å². The fraction of sp³-hybridized carbons (Fsp3) is 0.647. The van der Waals surface area contributed by atoms with Gasteiger partial charge in [-0.3, -0.25) is 4.90 Å². The van der Waals surface area contributed by atoms with Crippen LogP contribution in [0.25, 0.3) is 0 Å². The molecule has 0 saturated carbocycles. The van der Waals surface area contributed by atoms with Gasteiger partial charge in [-0.1, -0.05) is 23.8 Å². The lowest BCUT2D eigenvalue weighted by atomic mass is 9.98. The number of nitrogens with zero attached hydrogens (tertiary/aromatic N) is 1. The van der Waals surface area contributed by atoms with Crippen molar-refractivity contribution in [1.82, 2.24) is 10.2 Å². The maximum absolute atomic E-state index is 5.93. The van der Waals surface area contributed by atoms with Crippen LogP contribution in [0.1, 0.15) is 35.6 Å². The molecule has 2 aliphatic rings. The number of benzene rings is 1. The minimum absolute atomic E-state index is 0.410. The number of aryl methyl sites for hydroxylation is 2. The molecule has 3 nitrogen and oxygen atoms in total. The van der Waals surface area contributed by atoms with E-state index in [0.29, 0.717) is 18.2 Å². The predicted octanol–water partition coefficient (Wildman–Crippen LogP) is 2.43. The third kappa shape index (κ3) is 2.90. The van der Waals surface area contributed by atoms with Gasteiger partial charge in [0.25, 0.3) is 0 Å². The molecule has 2 saturated heterocycles. The van der Waals surface area contributed by atoms with Crippen molar-refractivity contribution in [3.8, 4) is 0 Å². The van der Waals surface area contributed by atoms with Gasteiger partial charge in [0.2, 0.25) is 0 Å². The lowest BCUT2D eigenvalue weighted by Gasteiger charge is -2.35. The molecule has 0 amide bonds. The minimum Gasteiger partial charge on any atom is -0.372 e. The number of likely N-dealkylation sites (N-methyl/N-ethyl adjacent to an activating group) is 1. The Kier molecular flexibility index (Phi) is 4.11. The van der Waals surface area contributed by atoms with Crippen LogP contribution in [-0.2, 0) is 4.74 Å². The average molecular weight is 274 g/mol. The molecular weight excluding hydrogens is 248 g/mol. The van der Waals surface area contributed by atoms with Gasteiger partial charge in [0.05, 0.1) is 12.2 Å². The van der Waals surface area contributed by atoms with E-state index in [1.165, 1.54) is 29.5 Å². The molecule has 3 rings (SSSR count). The molecule has 2 aliphatic heterocycles. The van der Waals surface area contributed by atoms with Crippen molar-refractivity contribution in [2.45, 2.75) is 44.9 Å². The summed E-state index contributed by atoms with van der Waals surface area (Å²) in [6.07, 6.45) is 3.44. The average Bonchev–Trinajstić information content (AvgIpc) is 2.78. The number of rotatable bonds is 4. The van der Waals surface area contributed by atoms with E-state index in [4.69, 9.17) is 4.74 Å². The van der Waals surface area contributed by atoms with E-state index in [1.807, 2.05) is 0 Å². The standard InChI is InChI=1S/C17H26N2O/c1-12-4-5-13(2)16(8-12)17(18-3)11-19-9-14-6-7-15(10-19)20-14/h4-5,8,14-15,17-18H,6-7,9-11H2,1-3H3. The molecule has 3 unspecified atom stereocenters. The Morgan fingerprint density at radius 3 is 2.60 bits per heavy atom. The first kappa shape index (κ1) is 14.1. The molecule has 20 heavy (non-hydrogen) atoms. The fourth-order valence-corrected chi connectivity index (χ4v) is 3.59. The van der Waals surface area contributed by atoms with Gasteiger partial charge in [-0.2, -0.15) is 0 Å². The largest absolute Gasteiger partial charge is 0.372 e. The highest BCUT2D eigenvalue weighted by molar-refractivity contribution is 5.33. The van der Waals surface area contributed by atoms with Gasteiger partial charge < -0.3 is 10.1 Å². The van der Waals surface area contributed by atoms with Crippen LogP contribution in [0, 0.1) is 13.8 Å². The monoisotopic (exact) mass is 274 g/mol. The van der Waals surface area contributed by atoms with Crippen LogP contribution in [0.15, 0.2) is 18.2 Å². The summed E-state index contributed by atoms with van der Waals surface area (Å²) in [5, 5.41) is 3.50. The first-order valence-electron chi connectivity index (χ1n) is 7.78. The number of hydrogen-bond donors (Lipinski definition) is 1. The summed E-state index contributed by atoms with van der Waals surface area (Å²) in [6, 6.07) is 7.16. The molecule has 3 atom stereocenters. The van der Waals surface area contributed by atoms with E-state index in [1.54, 1.807) is 0 Å². The van der Waals surface area contributed by atoms with Gasteiger partial charge >= 0.3 is 0 Å². The van der Waals surface area contributed by atoms with E-state index in [2.05, 4.69) is 49.3 Å². The SMILES string of the molecule is CNC(CN1CC2CCC(C1)O2)c1cc(C)ccc1C. The Morgan fingerprint density at radius 1 is 1.25 bits per heavy atom. The second-order valence-electron chi connectivity index (χ2n) is 6.38. The molecule has 1 N–H and O–H groups in total. The van der Waals surface area contributed by atoms with Gasteiger partial charge in [0.15, 0.2) is 0 Å². The van der Waals surface area contributed by atoms with Crippen LogP contribution in [0.2, 0.25) is 0 Å². The highest BCUT2D eigenvalue weighted by Crippen LogP contribution is 2.28. The normalized spacial score (nSPS) is 27.8. The Hall–Kier alpha value is -0.900. The van der Waals surface area contributed by atoms with Crippen LogP contribution < -0.4 is 5.32 Å². The highest BCUT2D eigenvalue weighted by atomic mass is 16.5. The summed E-state index contributed by atoms with van der Waals surface area (Å²) in [7, 11) is 2.07. The lowest BCUT2D eigenvalue weighted by molar-refractivity contribution is -0.0405. The number of hydrogen-bond acceptors (Lipinski definition) is 3. The van der Waals surface area contributed by atoms with Gasteiger partial charge in [-0.15, -0.1) is 0 Å². The zero-order valence-electron chi connectivity index (χ0n) is 12.9. The molecule has 3 heteroatoms. The first-order chi connectivity index (χ1) is 9.65. The zero-order chi connectivity index (χ0) is 14.1. The van der Waals surface area contributed by atoms with Gasteiger partial charge in [-0.25, -0.2) is 0 Å². The van der Waals surface area contributed by atoms with Crippen molar-refractivity contribution in [3.05, 3.63) is 34.9 Å². The molecular formula is C17H26N2O. The highest BCUT2D eigenvalue weighted by Gasteiger charge is 2.34. The summed E-state index contributed by atoms with van der Waals surface area (Å²) in [5.74, 6) is 0. The molecule has 1 aromatic rings. The van der Waals surface area contributed by atoms with Crippen molar-refractivity contribution in [3.63, 3.8) is 0 Å². The number of likely N-dealkylation sites (tertiary alicyclic amines) is 1. The fourth-order valence-electron chi connectivity index (χ4n) is 3.59. The van der Waals surface area contributed by atoms with Crippen molar-refractivity contribution in [1.29, 1.82) is 0 Å². The molecule has 2 fully saturated rings. The number of fused-ring (bicyclic) bond motifs is 2. The van der Waals surface area contributed by atoms with Crippen LogP contribution in [0.4, 0.5) is 0 Å². The van der Waals surface area contributed by atoms with E-state index in [0.717, 1.165) is 19.6 Å². The van der Waals surface area contributed by atoms with E-state index >= 15 is 0 Å². The Bertz CT molecular complexity index is 462.